The standard InChI is InChI=1S/C10H15NO/c12-6-10-2-1-7(3-10)8-4-11-5-9(8)10/h1-2,7-9,11-12H,3-6H2. The van der Waals surface area contributed by atoms with E-state index in [1.54, 1.807) is 0 Å². The maximum atomic E-state index is 9.41. The first kappa shape index (κ1) is 7.10. The summed E-state index contributed by atoms with van der Waals surface area (Å²) in [4.78, 5) is 0. The molecule has 0 aromatic heterocycles. The van der Waals surface area contributed by atoms with Crippen LogP contribution < -0.4 is 5.32 Å². The van der Waals surface area contributed by atoms with E-state index in [1.807, 2.05) is 0 Å². The van der Waals surface area contributed by atoms with Gasteiger partial charge in [-0.15, -0.1) is 0 Å². The summed E-state index contributed by atoms with van der Waals surface area (Å²) < 4.78 is 0. The Balaban J connectivity index is 2.00. The normalized spacial score (nSPS) is 54.9. The molecule has 2 N–H and O–H groups in total. The van der Waals surface area contributed by atoms with Crippen LogP contribution in [0.25, 0.3) is 0 Å². The molecule has 0 aromatic rings. The average Bonchev–Trinajstić information content (AvgIpc) is 2.76. The smallest absolute Gasteiger partial charge is 0.0525 e. The van der Waals surface area contributed by atoms with Gasteiger partial charge in [0.1, 0.15) is 0 Å². The van der Waals surface area contributed by atoms with E-state index < -0.39 is 0 Å². The highest BCUT2D eigenvalue weighted by molar-refractivity contribution is 5.23. The Bertz CT molecular complexity index is 238. The molecule has 2 aliphatic carbocycles. The third-order valence-electron chi connectivity index (χ3n) is 4.13. The molecule has 0 amide bonds. The predicted molar refractivity (Wildman–Crippen MR) is 46.6 cm³/mol. The van der Waals surface area contributed by atoms with Crippen LogP contribution in [0.1, 0.15) is 6.42 Å². The van der Waals surface area contributed by atoms with Gasteiger partial charge in [0.25, 0.3) is 0 Å². The van der Waals surface area contributed by atoms with Gasteiger partial charge in [0, 0.05) is 5.41 Å². The molecule has 0 radical (unpaired) electrons. The van der Waals surface area contributed by atoms with Gasteiger partial charge in [-0.1, -0.05) is 12.2 Å². The number of aliphatic hydroxyl groups excluding tert-OH is 1. The van der Waals surface area contributed by atoms with Crippen LogP contribution in [0.5, 0.6) is 0 Å². The Kier molecular flexibility index (Phi) is 1.25. The van der Waals surface area contributed by atoms with Crippen LogP contribution in [0.4, 0.5) is 0 Å². The van der Waals surface area contributed by atoms with Gasteiger partial charge in [-0.05, 0) is 37.3 Å². The van der Waals surface area contributed by atoms with Crippen LogP contribution >= 0.6 is 0 Å². The zero-order chi connectivity index (χ0) is 8.18. The zero-order valence-electron chi connectivity index (χ0n) is 7.16. The molecule has 66 valence electrons. The molecule has 1 heterocycles. The van der Waals surface area contributed by atoms with Crippen molar-refractivity contribution < 1.29 is 5.11 Å². The highest BCUT2D eigenvalue weighted by atomic mass is 16.3. The Morgan fingerprint density at radius 2 is 2.42 bits per heavy atom. The van der Waals surface area contributed by atoms with Gasteiger partial charge in [-0.2, -0.15) is 0 Å². The summed E-state index contributed by atoms with van der Waals surface area (Å²) in [6, 6.07) is 0. The van der Waals surface area contributed by atoms with Crippen LogP contribution in [0.2, 0.25) is 0 Å². The number of hydrogen-bond acceptors (Lipinski definition) is 2. The lowest BCUT2D eigenvalue weighted by molar-refractivity contribution is 0.130. The van der Waals surface area contributed by atoms with E-state index in [0.29, 0.717) is 6.61 Å². The van der Waals surface area contributed by atoms with Crippen molar-refractivity contribution in [3.8, 4) is 0 Å². The van der Waals surface area contributed by atoms with E-state index in [9.17, 15) is 5.11 Å². The number of fused-ring (bicyclic) bond motifs is 5. The van der Waals surface area contributed by atoms with Crippen LogP contribution in [0, 0.1) is 23.2 Å². The minimum atomic E-state index is 0.166. The fourth-order valence-electron chi connectivity index (χ4n) is 3.47. The molecule has 0 spiro atoms. The summed E-state index contributed by atoms with van der Waals surface area (Å²) in [7, 11) is 0. The van der Waals surface area contributed by atoms with Gasteiger partial charge >= 0.3 is 0 Å². The summed E-state index contributed by atoms with van der Waals surface area (Å²) in [5.41, 5.74) is 0.166. The lowest BCUT2D eigenvalue weighted by Crippen LogP contribution is -2.31. The Morgan fingerprint density at radius 3 is 3.25 bits per heavy atom. The van der Waals surface area contributed by atoms with E-state index in [4.69, 9.17) is 0 Å². The van der Waals surface area contributed by atoms with Crippen molar-refractivity contribution in [1.82, 2.24) is 5.32 Å². The first-order valence-corrected chi connectivity index (χ1v) is 4.87. The summed E-state index contributed by atoms with van der Waals surface area (Å²) in [5.74, 6) is 2.30. The molecule has 1 saturated heterocycles. The van der Waals surface area contributed by atoms with E-state index in [1.165, 1.54) is 13.0 Å². The monoisotopic (exact) mass is 165 g/mol. The van der Waals surface area contributed by atoms with Gasteiger partial charge in [0.15, 0.2) is 0 Å². The molecule has 2 nitrogen and oxygen atoms in total. The molecule has 2 bridgehead atoms. The Hall–Kier alpha value is -0.340. The van der Waals surface area contributed by atoms with Gasteiger partial charge in [-0.25, -0.2) is 0 Å². The quantitative estimate of drug-likeness (QED) is 0.551. The third-order valence-corrected chi connectivity index (χ3v) is 4.13. The van der Waals surface area contributed by atoms with Crippen molar-refractivity contribution >= 4 is 0 Å². The number of nitrogens with one attached hydrogen (secondary N) is 1. The van der Waals surface area contributed by atoms with Crippen LogP contribution in [0.15, 0.2) is 12.2 Å². The third kappa shape index (κ3) is 0.639. The van der Waals surface area contributed by atoms with Crippen LogP contribution in [-0.4, -0.2) is 24.8 Å². The van der Waals surface area contributed by atoms with Crippen LogP contribution in [-0.2, 0) is 0 Å². The number of aliphatic hydroxyl groups is 1. The van der Waals surface area contributed by atoms with Crippen molar-refractivity contribution in [1.29, 1.82) is 0 Å². The Labute approximate surface area is 72.7 Å². The maximum absolute atomic E-state index is 9.41. The van der Waals surface area contributed by atoms with Crippen molar-refractivity contribution in [2.45, 2.75) is 6.42 Å². The number of hydrogen-bond donors (Lipinski definition) is 2. The van der Waals surface area contributed by atoms with Crippen LogP contribution in [0.3, 0.4) is 0 Å². The fourth-order valence-corrected chi connectivity index (χ4v) is 3.47. The van der Waals surface area contributed by atoms with Gasteiger partial charge in [-0.3, -0.25) is 0 Å². The first-order valence-electron chi connectivity index (χ1n) is 4.87. The molecular formula is C10H15NO. The molecular weight excluding hydrogens is 150 g/mol. The van der Waals surface area contributed by atoms with Crippen molar-refractivity contribution in [3.63, 3.8) is 0 Å². The minimum absolute atomic E-state index is 0.166. The fraction of sp³-hybridized carbons (Fsp3) is 0.800. The summed E-state index contributed by atoms with van der Waals surface area (Å²) in [6.45, 7) is 2.64. The molecule has 4 atom stereocenters. The molecule has 1 saturated carbocycles. The lowest BCUT2D eigenvalue weighted by atomic mass is 9.76. The highest BCUT2D eigenvalue weighted by Gasteiger charge is 2.55. The van der Waals surface area contributed by atoms with Gasteiger partial charge in [0.2, 0.25) is 0 Å². The molecule has 2 heteroatoms. The molecule has 3 rings (SSSR count). The Morgan fingerprint density at radius 1 is 1.50 bits per heavy atom. The van der Waals surface area contributed by atoms with E-state index in [-0.39, 0.29) is 5.41 Å². The predicted octanol–water partition coefficient (Wildman–Crippen LogP) is 0.390. The molecule has 12 heavy (non-hydrogen) atoms. The summed E-state index contributed by atoms with van der Waals surface area (Å²) in [5, 5.41) is 12.8. The van der Waals surface area contributed by atoms with Crippen molar-refractivity contribution in [2.75, 3.05) is 19.7 Å². The molecule has 0 aromatic carbocycles. The number of allylic oxidation sites excluding steroid dienone is 1. The molecule has 3 aliphatic rings. The topological polar surface area (TPSA) is 32.3 Å². The zero-order valence-corrected chi connectivity index (χ0v) is 7.16. The van der Waals surface area contributed by atoms with Gasteiger partial charge in [0.05, 0.1) is 6.61 Å². The molecule has 1 aliphatic heterocycles. The van der Waals surface area contributed by atoms with Gasteiger partial charge < -0.3 is 10.4 Å². The molecule has 2 fully saturated rings. The average molecular weight is 165 g/mol. The number of rotatable bonds is 1. The second-order valence-corrected chi connectivity index (χ2v) is 4.55. The second kappa shape index (κ2) is 2.12. The second-order valence-electron chi connectivity index (χ2n) is 4.55. The van der Waals surface area contributed by atoms with E-state index in [0.717, 1.165) is 24.3 Å². The summed E-state index contributed by atoms with van der Waals surface area (Å²) in [6.07, 6.45) is 5.80. The minimum Gasteiger partial charge on any atom is -0.395 e. The van der Waals surface area contributed by atoms with Crippen molar-refractivity contribution in [3.05, 3.63) is 12.2 Å². The highest BCUT2D eigenvalue weighted by Crippen LogP contribution is 2.57. The maximum Gasteiger partial charge on any atom is 0.0525 e. The largest absolute Gasteiger partial charge is 0.395 e. The van der Waals surface area contributed by atoms with E-state index in [2.05, 4.69) is 17.5 Å². The van der Waals surface area contributed by atoms with E-state index >= 15 is 0 Å². The SMILES string of the molecule is OCC12C=CC(C1)C1CNCC12. The molecule has 4 unspecified atom stereocenters. The van der Waals surface area contributed by atoms with Crippen molar-refractivity contribution in [2.24, 2.45) is 23.2 Å². The first-order chi connectivity index (χ1) is 5.86. The summed E-state index contributed by atoms with van der Waals surface area (Å²) >= 11 is 0. The lowest BCUT2D eigenvalue weighted by Gasteiger charge is -2.29.